The van der Waals surface area contributed by atoms with Crippen LogP contribution in [0.25, 0.3) is 0 Å². The Balaban J connectivity index is 0.00000320. The van der Waals surface area contributed by atoms with E-state index in [-0.39, 0.29) is 35.5 Å². The van der Waals surface area contributed by atoms with E-state index in [1.807, 2.05) is 6.92 Å². The molecule has 0 aliphatic heterocycles. The van der Waals surface area contributed by atoms with Crippen LogP contribution in [0.3, 0.4) is 0 Å². The molecule has 2 N–H and O–H groups in total. The first-order valence-electron chi connectivity index (χ1n) is 9.27. The lowest BCUT2D eigenvalue weighted by Gasteiger charge is -2.12. The summed E-state index contributed by atoms with van der Waals surface area (Å²) in [5.74, 6) is 0.453. The van der Waals surface area contributed by atoms with Gasteiger partial charge in [-0.15, -0.1) is 24.0 Å². The number of nitrogens with one attached hydrogen (secondary N) is 2. The number of pyridine rings is 1. The summed E-state index contributed by atoms with van der Waals surface area (Å²) in [6.07, 6.45) is 3.14. The number of aliphatic imine (C=N–C) groups is 1. The maximum absolute atomic E-state index is 14.4. The third-order valence-corrected chi connectivity index (χ3v) is 4.00. The molecule has 0 atom stereocenters. The highest BCUT2D eigenvalue weighted by atomic mass is 127. The van der Waals surface area contributed by atoms with Crippen LogP contribution in [0, 0.1) is 11.6 Å². The number of rotatable bonds is 7. The fraction of sp³-hybridized carbons (Fsp3) is 0.182. The monoisotopic (exact) mass is 524 g/mol. The van der Waals surface area contributed by atoms with E-state index in [9.17, 15) is 8.78 Å². The van der Waals surface area contributed by atoms with Gasteiger partial charge in [0.05, 0.1) is 12.7 Å². The van der Waals surface area contributed by atoms with E-state index in [4.69, 9.17) is 4.74 Å². The van der Waals surface area contributed by atoms with Crippen molar-refractivity contribution < 1.29 is 13.5 Å². The summed E-state index contributed by atoms with van der Waals surface area (Å²) in [4.78, 5) is 8.41. The molecular formula is C22H23F2IN4O. The number of ether oxygens (including phenoxy) is 1. The first-order chi connectivity index (χ1) is 14.1. The zero-order valence-corrected chi connectivity index (χ0v) is 18.8. The van der Waals surface area contributed by atoms with Gasteiger partial charge < -0.3 is 15.4 Å². The van der Waals surface area contributed by atoms with Gasteiger partial charge in [-0.3, -0.25) is 4.98 Å². The van der Waals surface area contributed by atoms with Crippen molar-refractivity contribution in [2.45, 2.75) is 20.0 Å². The average molecular weight is 524 g/mol. The van der Waals surface area contributed by atoms with E-state index in [1.54, 1.807) is 42.6 Å². The zero-order chi connectivity index (χ0) is 20.5. The number of guanidine groups is 1. The number of hydrogen-bond acceptors (Lipinski definition) is 3. The van der Waals surface area contributed by atoms with Gasteiger partial charge in [-0.05, 0) is 54.4 Å². The quantitative estimate of drug-likeness (QED) is 0.259. The van der Waals surface area contributed by atoms with Crippen molar-refractivity contribution in [2.75, 3.05) is 6.54 Å². The van der Waals surface area contributed by atoms with Crippen LogP contribution in [0.4, 0.5) is 8.78 Å². The fourth-order valence-electron chi connectivity index (χ4n) is 2.56. The van der Waals surface area contributed by atoms with Crippen LogP contribution in [-0.2, 0) is 13.1 Å². The fourth-order valence-corrected chi connectivity index (χ4v) is 2.56. The van der Waals surface area contributed by atoms with Gasteiger partial charge >= 0.3 is 0 Å². The standard InChI is InChI=1S/C22H22F2N4O.HI/c1-2-26-22(27-13-16-5-8-18(23)9-6-16)28-14-17-7-10-21(20(24)12-17)29-19-4-3-11-25-15-19;/h3-12,15H,2,13-14H2,1H3,(H2,26,27,28);1H. The van der Waals surface area contributed by atoms with Gasteiger partial charge in [-0.1, -0.05) is 18.2 Å². The van der Waals surface area contributed by atoms with Crippen LogP contribution in [0.1, 0.15) is 18.1 Å². The van der Waals surface area contributed by atoms with Crippen LogP contribution < -0.4 is 15.4 Å². The molecule has 8 heteroatoms. The molecule has 0 unspecified atom stereocenters. The van der Waals surface area contributed by atoms with Crippen molar-refractivity contribution in [1.29, 1.82) is 0 Å². The van der Waals surface area contributed by atoms with Gasteiger partial charge in [0.1, 0.15) is 11.6 Å². The maximum atomic E-state index is 14.4. The summed E-state index contributed by atoms with van der Waals surface area (Å²) in [5.41, 5.74) is 1.64. The lowest BCUT2D eigenvalue weighted by Crippen LogP contribution is -2.36. The molecule has 0 bridgehead atoms. The molecule has 1 heterocycles. The van der Waals surface area contributed by atoms with Crippen LogP contribution in [0.15, 0.2) is 72.0 Å². The van der Waals surface area contributed by atoms with Crippen molar-refractivity contribution in [3.05, 3.63) is 89.8 Å². The Bertz CT molecular complexity index is 953. The molecule has 30 heavy (non-hydrogen) atoms. The van der Waals surface area contributed by atoms with Gasteiger partial charge in [0.25, 0.3) is 0 Å². The van der Waals surface area contributed by atoms with E-state index in [0.29, 0.717) is 36.9 Å². The van der Waals surface area contributed by atoms with Crippen LogP contribution in [0.2, 0.25) is 0 Å². The van der Waals surface area contributed by atoms with Gasteiger partial charge in [-0.25, -0.2) is 13.8 Å². The highest BCUT2D eigenvalue weighted by molar-refractivity contribution is 14.0. The second kappa shape index (κ2) is 12.1. The molecule has 5 nitrogen and oxygen atoms in total. The van der Waals surface area contributed by atoms with E-state index in [2.05, 4.69) is 20.6 Å². The predicted octanol–water partition coefficient (Wildman–Crippen LogP) is 5.03. The topological polar surface area (TPSA) is 58.5 Å². The normalized spacial score (nSPS) is 10.8. The summed E-state index contributed by atoms with van der Waals surface area (Å²) in [6, 6.07) is 14.4. The van der Waals surface area contributed by atoms with Crippen molar-refractivity contribution >= 4 is 29.9 Å². The number of halogens is 3. The van der Waals surface area contributed by atoms with Crippen LogP contribution in [-0.4, -0.2) is 17.5 Å². The lowest BCUT2D eigenvalue weighted by atomic mass is 10.2. The summed E-state index contributed by atoms with van der Waals surface area (Å²) < 4.78 is 32.9. The molecule has 1 aromatic heterocycles. The number of aromatic nitrogens is 1. The first-order valence-corrected chi connectivity index (χ1v) is 9.27. The predicted molar refractivity (Wildman–Crippen MR) is 124 cm³/mol. The van der Waals surface area contributed by atoms with Gasteiger partial charge in [-0.2, -0.15) is 0 Å². The second-order valence-corrected chi connectivity index (χ2v) is 6.23. The molecule has 0 aliphatic rings. The van der Waals surface area contributed by atoms with Crippen molar-refractivity contribution in [3.63, 3.8) is 0 Å². The Kier molecular flexibility index (Phi) is 9.46. The Morgan fingerprint density at radius 3 is 2.47 bits per heavy atom. The second-order valence-electron chi connectivity index (χ2n) is 6.23. The third-order valence-electron chi connectivity index (χ3n) is 4.00. The summed E-state index contributed by atoms with van der Waals surface area (Å²) >= 11 is 0. The van der Waals surface area contributed by atoms with E-state index < -0.39 is 5.82 Å². The lowest BCUT2D eigenvalue weighted by molar-refractivity contribution is 0.440. The molecular weight excluding hydrogens is 501 g/mol. The molecule has 158 valence electrons. The molecule has 0 aliphatic carbocycles. The maximum Gasteiger partial charge on any atom is 0.191 e. The molecule has 0 saturated carbocycles. The summed E-state index contributed by atoms with van der Waals surface area (Å²) in [6.45, 7) is 3.43. The van der Waals surface area contributed by atoms with Gasteiger partial charge in [0.2, 0.25) is 0 Å². The summed E-state index contributed by atoms with van der Waals surface area (Å²) in [5, 5.41) is 6.31. The van der Waals surface area contributed by atoms with E-state index in [1.165, 1.54) is 24.4 Å². The SMILES string of the molecule is CCNC(=NCc1ccc(Oc2cccnc2)c(F)c1)NCc1ccc(F)cc1.I. The van der Waals surface area contributed by atoms with E-state index >= 15 is 0 Å². The Hall–Kier alpha value is -2.75. The smallest absolute Gasteiger partial charge is 0.191 e. The van der Waals surface area contributed by atoms with Crippen LogP contribution in [0.5, 0.6) is 11.5 Å². The van der Waals surface area contributed by atoms with Crippen molar-refractivity contribution in [2.24, 2.45) is 4.99 Å². The zero-order valence-electron chi connectivity index (χ0n) is 16.4. The first kappa shape index (κ1) is 23.5. The molecule has 3 rings (SSSR count). The van der Waals surface area contributed by atoms with Crippen LogP contribution >= 0.6 is 24.0 Å². The third kappa shape index (κ3) is 7.25. The highest BCUT2D eigenvalue weighted by Gasteiger charge is 2.07. The largest absolute Gasteiger partial charge is 0.453 e. The molecule has 3 aromatic rings. The molecule has 0 fully saturated rings. The summed E-state index contributed by atoms with van der Waals surface area (Å²) in [7, 11) is 0. The Morgan fingerprint density at radius 1 is 1.03 bits per heavy atom. The minimum absolute atomic E-state index is 0. The minimum Gasteiger partial charge on any atom is -0.453 e. The number of nitrogens with zero attached hydrogens (tertiary/aromatic N) is 2. The Morgan fingerprint density at radius 2 is 1.80 bits per heavy atom. The Labute approximate surface area is 191 Å². The number of hydrogen-bond donors (Lipinski definition) is 2. The average Bonchev–Trinajstić information content (AvgIpc) is 2.74. The molecule has 0 radical (unpaired) electrons. The van der Waals surface area contributed by atoms with Crippen molar-refractivity contribution in [3.8, 4) is 11.5 Å². The molecule has 0 spiro atoms. The highest BCUT2D eigenvalue weighted by Crippen LogP contribution is 2.24. The van der Waals surface area contributed by atoms with E-state index in [0.717, 1.165) is 5.56 Å². The van der Waals surface area contributed by atoms with Crippen molar-refractivity contribution in [1.82, 2.24) is 15.6 Å². The van der Waals surface area contributed by atoms with Gasteiger partial charge in [0, 0.05) is 19.3 Å². The number of benzene rings is 2. The molecule has 0 saturated heterocycles. The van der Waals surface area contributed by atoms with Gasteiger partial charge in [0.15, 0.2) is 17.5 Å². The molecule has 0 amide bonds. The minimum atomic E-state index is -0.467. The molecule has 2 aromatic carbocycles.